The number of aromatic nitrogens is 3. The molecule has 0 radical (unpaired) electrons. The molecule has 0 amide bonds. The van der Waals surface area contributed by atoms with Crippen LogP contribution >= 0.6 is 11.3 Å². The largest absolute Gasteiger partial charge is 0.415 e. The summed E-state index contributed by atoms with van der Waals surface area (Å²) in [6.07, 6.45) is 5.39. The molecular weight excluding hydrogens is 270 g/mol. The Morgan fingerprint density at radius 2 is 2.10 bits per heavy atom. The maximum absolute atomic E-state index is 5.82. The summed E-state index contributed by atoms with van der Waals surface area (Å²) < 4.78 is 5.82. The second kappa shape index (κ2) is 4.52. The Hall–Kier alpha value is -2.01. The molecule has 0 fully saturated rings. The minimum atomic E-state index is 0.541. The second-order valence-corrected chi connectivity index (χ2v) is 6.10. The maximum atomic E-state index is 5.82. The van der Waals surface area contributed by atoms with Gasteiger partial charge in [0, 0.05) is 16.8 Å². The Kier molecular flexibility index (Phi) is 2.67. The smallest absolute Gasteiger partial charge is 0.258 e. The molecule has 0 spiro atoms. The summed E-state index contributed by atoms with van der Waals surface area (Å²) in [4.78, 5) is 6.80. The van der Waals surface area contributed by atoms with Gasteiger partial charge in [0.15, 0.2) is 0 Å². The minimum absolute atomic E-state index is 0.541. The summed E-state index contributed by atoms with van der Waals surface area (Å²) in [6, 6.07) is 6.03. The third kappa shape index (κ3) is 1.86. The Bertz CT molecular complexity index is 754. The highest BCUT2D eigenvalue weighted by atomic mass is 32.1. The van der Waals surface area contributed by atoms with E-state index in [9.17, 15) is 0 Å². The van der Waals surface area contributed by atoms with Crippen molar-refractivity contribution in [2.45, 2.75) is 26.2 Å². The van der Waals surface area contributed by atoms with E-state index in [4.69, 9.17) is 4.42 Å². The Morgan fingerprint density at radius 1 is 1.20 bits per heavy atom. The lowest BCUT2D eigenvalue weighted by molar-refractivity contribution is 0.585. The van der Waals surface area contributed by atoms with Crippen molar-refractivity contribution in [2.75, 3.05) is 0 Å². The van der Waals surface area contributed by atoms with E-state index in [0.29, 0.717) is 11.8 Å². The highest BCUT2D eigenvalue weighted by molar-refractivity contribution is 7.15. The Morgan fingerprint density at radius 3 is 2.95 bits per heavy atom. The van der Waals surface area contributed by atoms with Gasteiger partial charge in [-0.25, -0.2) is 0 Å². The Labute approximate surface area is 120 Å². The summed E-state index contributed by atoms with van der Waals surface area (Å²) in [6.45, 7) is 1.94. The van der Waals surface area contributed by atoms with Gasteiger partial charge in [0.2, 0.25) is 5.89 Å². The lowest BCUT2D eigenvalue weighted by Gasteiger charge is -1.97. The van der Waals surface area contributed by atoms with Crippen LogP contribution in [0.1, 0.15) is 22.6 Å². The standard InChI is InChI=1S/C15H13N3OS/c1-9-11(5-3-7-16-9)14-17-18-15(19-14)13-8-10-4-2-6-12(10)20-13/h3,5,7-8H,2,4,6H2,1H3. The van der Waals surface area contributed by atoms with Crippen LogP contribution in [0.5, 0.6) is 0 Å². The van der Waals surface area contributed by atoms with Crippen molar-refractivity contribution in [3.8, 4) is 22.2 Å². The number of thiophene rings is 1. The molecule has 1 aliphatic carbocycles. The van der Waals surface area contributed by atoms with Gasteiger partial charge in [-0.15, -0.1) is 21.5 Å². The molecule has 4 nitrogen and oxygen atoms in total. The van der Waals surface area contributed by atoms with E-state index in [1.807, 2.05) is 19.1 Å². The number of nitrogens with zero attached hydrogens (tertiary/aromatic N) is 3. The van der Waals surface area contributed by atoms with Crippen LogP contribution in [0.3, 0.4) is 0 Å². The van der Waals surface area contributed by atoms with E-state index in [0.717, 1.165) is 16.1 Å². The normalized spacial score (nSPS) is 13.7. The van der Waals surface area contributed by atoms with E-state index < -0.39 is 0 Å². The average Bonchev–Trinajstić information content (AvgIpc) is 3.13. The van der Waals surface area contributed by atoms with Gasteiger partial charge in [-0.2, -0.15) is 0 Å². The molecule has 3 aromatic heterocycles. The first-order valence-electron chi connectivity index (χ1n) is 6.69. The first-order chi connectivity index (χ1) is 9.81. The van der Waals surface area contributed by atoms with E-state index in [-0.39, 0.29) is 0 Å². The first-order valence-corrected chi connectivity index (χ1v) is 7.50. The van der Waals surface area contributed by atoms with E-state index >= 15 is 0 Å². The molecule has 0 bridgehead atoms. The van der Waals surface area contributed by atoms with Crippen molar-refractivity contribution < 1.29 is 4.42 Å². The number of fused-ring (bicyclic) bond motifs is 1. The highest BCUT2D eigenvalue weighted by Gasteiger charge is 2.19. The third-order valence-corrected chi connectivity index (χ3v) is 4.84. The molecule has 20 heavy (non-hydrogen) atoms. The van der Waals surface area contributed by atoms with Crippen molar-refractivity contribution in [3.05, 3.63) is 40.5 Å². The third-order valence-electron chi connectivity index (χ3n) is 3.62. The fraction of sp³-hybridized carbons (Fsp3) is 0.267. The van der Waals surface area contributed by atoms with Crippen molar-refractivity contribution in [1.29, 1.82) is 0 Å². The summed E-state index contributed by atoms with van der Waals surface area (Å²) in [5, 5.41) is 8.34. The molecule has 100 valence electrons. The molecule has 3 aromatic rings. The first kappa shape index (κ1) is 11.8. The van der Waals surface area contributed by atoms with Gasteiger partial charge in [-0.3, -0.25) is 4.98 Å². The van der Waals surface area contributed by atoms with E-state index in [2.05, 4.69) is 21.2 Å². The molecule has 0 unspecified atom stereocenters. The second-order valence-electron chi connectivity index (χ2n) is 4.96. The topological polar surface area (TPSA) is 51.8 Å². The number of aryl methyl sites for hydroxylation is 3. The fourth-order valence-corrected chi connectivity index (χ4v) is 3.75. The predicted molar refractivity (Wildman–Crippen MR) is 77.6 cm³/mol. The summed E-state index contributed by atoms with van der Waals surface area (Å²) in [5.74, 6) is 1.15. The number of pyridine rings is 1. The van der Waals surface area contributed by atoms with E-state index in [1.54, 1.807) is 17.5 Å². The van der Waals surface area contributed by atoms with Crippen LogP contribution in [0.2, 0.25) is 0 Å². The van der Waals surface area contributed by atoms with Crippen LogP contribution in [0.4, 0.5) is 0 Å². The zero-order valence-corrected chi connectivity index (χ0v) is 11.9. The van der Waals surface area contributed by atoms with Gasteiger partial charge in [0.05, 0.1) is 10.4 Å². The molecule has 5 heteroatoms. The molecule has 0 aliphatic heterocycles. The van der Waals surface area contributed by atoms with Crippen LogP contribution in [0.15, 0.2) is 28.8 Å². The van der Waals surface area contributed by atoms with Crippen LogP contribution in [-0.4, -0.2) is 15.2 Å². The van der Waals surface area contributed by atoms with Crippen LogP contribution in [0.25, 0.3) is 22.2 Å². The van der Waals surface area contributed by atoms with Crippen LogP contribution in [0, 0.1) is 6.92 Å². The zero-order chi connectivity index (χ0) is 13.5. The number of hydrogen-bond donors (Lipinski definition) is 0. The lowest BCUT2D eigenvalue weighted by Crippen LogP contribution is -1.86. The molecular formula is C15H13N3OS. The molecule has 0 saturated heterocycles. The monoisotopic (exact) mass is 283 g/mol. The van der Waals surface area contributed by atoms with Crippen molar-refractivity contribution in [1.82, 2.24) is 15.2 Å². The average molecular weight is 283 g/mol. The molecule has 4 rings (SSSR count). The van der Waals surface area contributed by atoms with Gasteiger partial charge in [-0.1, -0.05) is 0 Å². The highest BCUT2D eigenvalue weighted by Crippen LogP contribution is 2.36. The van der Waals surface area contributed by atoms with Gasteiger partial charge in [0.25, 0.3) is 5.89 Å². The summed E-state index contributed by atoms with van der Waals surface area (Å²) >= 11 is 1.78. The van der Waals surface area contributed by atoms with Gasteiger partial charge >= 0.3 is 0 Å². The van der Waals surface area contributed by atoms with Crippen molar-refractivity contribution >= 4 is 11.3 Å². The molecule has 0 N–H and O–H groups in total. The fourth-order valence-electron chi connectivity index (χ4n) is 2.58. The molecule has 1 aliphatic rings. The molecule has 0 saturated carbocycles. The molecule has 3 heterocycles. The predicted octanol–water partition coefficient (Wildman–Crippen LogP) is 3.66. The SMILES string of the molecule is Cc1ncccc1-c1nnc(-c2cc3c(s2)CCC3)o1. The number of rotatable bonds is 2. The molecule has 0 atom stereocenters. The van der Waals surface area contributed by atoms with Crippen LogP contribution < -0.4 is 0 Å². The quantitative estimate of drug-likeness (QED) is 0.720. The number of hydrogen-bond acceptors (Lipinski definition) is 5. The van der Waals surface area contributed by atoms with Gasteiger partial charge in [-0.05, 0) is 49.9 Å². The van der Waals surface area contributed by atoms with Crippen LogP contribution in [-0.2, 0) is 12.8 Å². The minimum Gasteiger partial charge on any atom is -0.415 e. The molecule has 0 aromatic carbocycles. The maximum Gasteiger partial charge on any atom is 0.258 e. The van der Waals surface area contributed by atoms with Gasteiger partial charge in [0.1, 0.15) is 0 Å². The van der Waals surface area contributed by atoms with Crippen molar-refractivity contribution in [3.63, 3.8) is 0 Å². The lowest BCUT2D eigenvalue weighted by atomic mass is 10.2. The Balaban J connectivity index is 1.73. The summed E-state index contributed by atoms with van der Waals surface area (Å²) in [5.41, 5.74) is 3.24. The van der Waals surface area contributed by atoms with E-state index in [1.165, 1.54) is 29.7 Å². The zero-order valence-electron chi connectivity index (χ0n) is 11.1. The van der Waals surface area contributed by atoms with Crippen molar-refractivity contribution in [2.24, 2.45) is 0 Å². The van der Waals surface area contributed by atoms with Gasteiger partial charge < -0.3 is 4.42 Å². The summed E-state index contributed by atoms with van der Waals surface area (Å²) in [7, 11) is 0.